The van der Waals surface area contributed by atoms with E-state index in [0.717, 1.165) is 32.6 Å². The highest BCUT2D eigenvalue weighted by molar-refractivity contribution is 9.10. The summed E-state index contributed by atoms with van der Waals surface area (Å²) in [7, 11) is 0. The number of aryl methyl sites for hydroxylation is 3. The lowest BCUT2D eigenvalue weighted by Gasteiger charge is -2.08. The molecule has 0 aliphatic carbocycles. The summed E-state index contributed by atoms with van der Waals surface area (Å²) in [6.45, 7) is 5.61. The summed E-state index contributed by atoms with van der Waals surface area (Å²) in [6, 6.07) is 12.7. The number of halogens is 1. The molecule has 1 heterocycles. The molecule has 0 fully saturated rings. The van der Waals surface area contributed by atoms with Crippen LogP contribution in [0.5, 0.6) is 0 Å². The predicted octanol–water partition coefficient (Wildman–Crippen LogP) is 5.73. The van der Waals surface area contributed by atoms with Crippen LogP contribution in [0.4, 0.5) is 21.3 Å². The Morgan fingerprint density at radius 3 is 2.50 bits per heavy atom. The van der Waals surface area contributed by atoms with Gasteiger partial charge in [-0.2, -0.15) is 0 Å². The molecule has 6 nitrogen and oxygen atoms in total. The number of benzene rings is 2. The van der Waals surface area contributed by atoms with Crippen molar-refractivity contribution in [3.8, 4) is 0 Å². The average molecular weight is 459 g/mol. The van der Waals surface area contributed by atoms with Crippen molar-refractivity contribution in [3.63, 3.8) is 0 Å². The Hall–Kier alpha value is -2.71. The van der Waals surface area contributed by atoms with Crippen molar-refractivity contribution in [2.24, 2.45) is 0 Å². The van der Waals surface area contributed by atoms with Crippen LogP contribution in [0, 0.1) is 20.8 Å². The number of anilines is 3. The van der Waals surface area contributed by atoms with E-state index in [2.05, 4.69) is 36.9 Å². The zero-order valence-corrected chi connectivity index (χ0v) is 18.0. The smallest absolute Gasteiger partial charge is 0.321 e. The van der Waals surface area contributed by atoms with Crippen LogP contribution in [0.15, 0.2) is 46.9 Å². The predicted molar refractivity (Wildman–Crippen MR) is 118 cm³/mol. The Kier molecular flexibility index (Phi) is 6.11. The topological polar surface area (TPSA) is 83.1 Å². The number of hydrogen-bond donors (Lipinski definition) is 3. The molecule has 28 heavy (non-hydrogen) atoms. The summed E-state index contributed by atoms with van der Waals surface area (Å²) in [5, 5.41) is 8.68. The normalized spacial score (nSPS) is 10.4. The lowest BCUT2D eigenvalue weighted by molar-refractivity contribution is 0.102. The van der Waals surface area contributed by atoms with Gasteiger partial charge in [0.1, 0.15) is 4.88 Å². The number of nitrogens with one attached hydrogen (secondary N) is 3. The fourth-order valence-electron chi connectivity index (χ4n) is 2.59. The van der Waals surface area contributed by atoms with Crippen molar-refractivity contribution in [1.82, 2.24) is 4.98 Å². The molecular weight excluding hydrogens is 440 g/mol. The highest BCUT2D eigenvalue weighted by Gasteiger charge is 2.17. The molecule has 2 aromatic carbocycles. The maximum absolute atomic E-state index is 12.6. The molecule has 3 rings (SSSR count). The van der Waals surface area contributed by atoms with E-state index in [-0.39, 0.29) is 5.91 Å². The fourth-order valence-corrected chi connectivity index (χ4v) is 3.92. The molecule has 3 amide bonds. The third-order valence-electron chi connectivity index (χ3n) is 3.94. The second-order valence-corrected chi connectivity index (χ2v) is 8.21. The van der Waals surface area contributed by atoms with E-state index in [1.165, 1.54) is 0 Å². The van der Waals surface area contributed by atoms with Gasteiger partial charge in [-0.3, -0.25) is 10.1 Å². The minimum Gasteiger partial charge on any atom is -0.321 e. The van der Waals surface area contributed by atoms with E-state index in [0.29, 0.717) is 21.4 Å². The lowest BCUT2D eigenvalue weighted by atomic mass is 10.2. The van der Waals surface area contributed by atoms with Gasteiger partial charge in [0.2, 0.25) is 0 Å². The van der Waals surface area contributed by atoms with Crippen molar-refractivity contribution in [2.75, 3.05) is 16.0 Å². The van der Waals surface area contributed by atoms with Crippen LogP contribution in [-0.4, -0.2) is 16.9 Å². The van der Waals surface area contributed by atoms with Gasteiger partial charge in [0, 0.05) is 15.8 Å². The number of urea groups is 1. The molecule has 0 radical (unpaired) electrons. The van der Waals surface area contributed by atoms with Gasteiger partial charge in [-0.15, -0.1) is 0 Å². The van der Waals surface area contributed by atoms with Gasteiger partial charge in [0.25, 0.3) is 5.91 Å². The summed E-state index contributed by atoms with van der Waals surface area (Å²) < 4.78 is 0.947. The first kappa shape index (κ1) is 20.0. The standard InChI is InChI=1S/C20H19BrN4O2S/c1-11-5-4-6-15(9-11)23-19(27)25-20-22-13(3)17(28-20)18(26)24-16-8-7-14(21)10-12(16)2/h4-10H,1-3H3,(H,24,26)(H2,22,23,25,27). The zero-order valence-electron chi connectivity index (χ0n) is 15.6. The summed E-state index contributed by atoms with van der Waals surface area (Å²) in [4.78, 5) is 29.5. The minimum absolute atomic E-state index is 0.257. The number of carbonyl (C=O) groups is 2. The van der Waals surface area contributed by atoms with E-state index in [1.54, 1.807) is 13.0 Å². The summed E-state index contributed by atoms with van der Waals surface area (Å²) in [5.74, 6) is -0.257. The zero-order chi connectivity index (χ0) is 20.3. The summed E-state index contributed by atoms with van der Waals surface area (Å²) >= 11 is 4.54. The summed E-state index contributed by atoms with van der Waals surface area (Å²) in [5.41, 5.74) is 3.97. The molecule has 0 aliphatic heterocycles. The Labute approximate surface area is 175 Å². The fraction of sp³-hybridized carbons (Fsp3) is 0.150. The van der Waals surface area contributed by atoms with E-state index < -0.39 is 6.03 Å². The highest BCUT2D eigenvalue weighted by atomic mass is 79.9. The number of hydrogen-bond acceptors (Lipinski definition) is 4. The molecule has 0 aliphatic rings. The van der Waals surface area contributed by atoms with Crippen LogP contribution in [0.25, 0.3) is 0 Å². The Morgan fingerprint density at radius 2 is 1.79 bits per heavy atom. The first-order chi connectivity index (χ1) is 13.3. The number of thiazole rings is 1. The molecule has 144 valence electrons. The van der Waals surface area contributed by atoms with Gasteiger partial charge >= 0.3 is 6.03 Å². The third kappa shape index (κ3) is 4.96. The van der Waals surface area contributed by atoms with Gasteiger partial charge in [-0.1, -0.05) is 39.4 Å². The Morgan fingerprint density at radius 1 is 1.00 bits per heavy atom. The maximum atomic E-state index is 12.6. The average Bonchev–Trinajstić information content (AvgIpc) is 2.97. The molecule has 0 bridgehead atoms. The monoisotopic (exact) mass is 458 g/mol. The third-order valence-corrected chi connectivity index (χ3v) is 5.50. The van der Waals surface area contributed by atoms with Gasteiger partial charge in [-0.25, -0.2) is 9.78 Å². The van der Waals surface area contributed by atoms with Crippen LogP contribution < -0.4 is 16.0 Å². The SMILES string of the molecule is Cc1cccc(NC(=O)Nc2nc(C)c(C(=O)Nc3ccc(Br)cc3C)s2)c1. The first-order valence-corrected chi connectivity index (χ1v) is 10.1. The van der Waals surface area contributed by atoms with E-state index >= 15 is 0 Å². The molecule has 0 saturated heterocycles. The number of rotatable bonds is 4. The van der Waals surface area contributed by atoms with Crippen molar-refractivity contribution < 1.29 is 9.59 Å². The van der Waals surface area contributed by atoms with Crippen LogP contribution in [-0.2, 0) is 0 Å². The molecular formula is C20H19BrN4O2S. The van der Waals surface area contributed by atoms with Crippen molar-refractivity contribution in [3.05, 3.63) is 68.6 Å². The quantitative estimate of drug-likeness (QED) is 0.466. The van der Waals surface area contributed by atoms with E-state index in [4.69, 9.17) is 0 Å². The molecule has 0 saturated carbocycles. The van der Waals surface area contributed by atoms with Crippen LogP contribution >= 0.6 is 27.3 Å². The molecule has 8 heteroatoms. The van der Waals surface area contributed by atoms with Gasteiger partial charge < -0.3 is 10.6 Å². The van der Waals surface area contributed by atoms with Crippen molar-refractivity contribution in [2.45, 2.75) is 20.8 Å². The lowest BCUT2D eigenvalue weighted by Crippen LogP contribution is -2.19. The van der Waals surface area contributed by atoms with E-state index in [1.807, 2.05) is 50.2 Å². The molecule has 0 unspecified atom stereocenters. The molecule has 3 aromatic rings. The number of carbonyl (C=O) groups excluding carboxylic acids is 2. The minimum atomic E-state index is -0.407. The van der Waals surface area contributed by atoms with Crippen LogP contribution in [0.3, 0.4) is 0 Å². The molecule has 1 aromatic heterocycles. The van der Waals surface area contributed by atoms with E-state index in [9.17, 15) is 9.59 Å². The van der Waals surface area contributed by atoms with Gasteiger partial charge in [0.15, 0.2) is 5.13 Å². The number of nitrogens with zero attached hydrogens (tertiary/aromatic N) is 1. The highest BCUT2D eigenvalue weighted by Crippen LogP contribution is 2.26. The van der Waals surface area contributed by atoms with Crippen molar-refractivity contribution >= 4 is 55.7 Å². The van der Waals surface area contributed by atoms with Gasteiger partial charge in [0.05, 0.1) is 5.69 Å². The second-order valence-electron chi connectivity index (χ2n) is 6.30. The van der Waals surface area contributed by atoms with Crippen molar-refractivity contribution in [1.29, 1.82) is 0 Å². The second kappa shape index (κ2) is 8.53. The Balaban J connectivity index is 1.68. The first-order valence-electron chi connectivity index (χ1n) is 8.51. The molecule has 0 spiro atoms. The number of aromatic nitrogens is 1. The largest absolute Gasteiger partial charge is 0.325 e. The number of amides is 3. The molecule has 3 N–H and O–H groups in total. The molecule has 0 atom stereocenters. The van der Waals surface area contributed by atoms with Gasteiger partial charge in [-0.05, 0) is 62.2 Å². The maximum Gasteiger partial charge on any atom is 0.325 e. The summed E-state index contributed by atoms with van der Waals surface area (Å²) in [6.07, 6.45) is 0. The van der Waals surface area contributed by atoms with Crippen LogP contribution in [0.2, 0.25) is 0 Å². The van der Waals surface area contributed by atoms with Crippen LogP contribution in [0.1, 0.15) is 26.5 Å². The Bertz CT molecular complexity index is 1050.